The lowest BCUT2D eigenvalue weighted by Gasteiger charge is -2.52. The van der Waals surface area contributed by atoms with Gasteiger partial charge in [-0.1, -0.05) is 18.4 Å². The van der Waals surface area contributed by atoms with Crippen LogP contribution in [0.15, 0.2) is 23.4 Å². The molecule has 0 aromatic heterocycles. The molecule has 1 N–H and O–H groups in total. The summed E-state index contributed by atoms with van der Waals surface area (Å²) in [5, 5.41) is 8.02. The molecule has 0 aromatic rings. The molecule has 0 bridgehead atoms. The van der Waals surface area contributed by atoms with E-state index >= 15 is 0 Å². The average molecular weight is 256 g/mol. The maximum atomic E-state index is 8.02. The fourth-order valence-electron chi connectivity index (χ4n) is 4.93. The Hall–Kier alpha value is -1.05. The van der Waals surface area contributed by atoms with E-state index in [0.29, 0.717) is 12.1 Å². The van der Waals surface area contributed by atoms with Gasteiger partial charge in [0, 0.05) is 30.3 Å². The molecular formula is C17H24N2. The Morgan fingerprint density at radius 1 is 1.00 bits per heavy atom. The van der Waals surface area contributed by atoms with Crippen molar-refractivity contribution in [1.29, 1.82) is 5.41 Å². The standard InChI is InChI=1S/C17H24N2/c18-12-9-10-19-16-8-4-3-6-14(16)13-5-1-2-7-15(13)17(19)11-12/h9-10,15-18H,1-8,11H2. The molecule has 2 nitrogen and oxygen atoms in total. The molecule has 4 rings (SSSR count). The molecule has 2 heterocycles. The predicted octanol–water partition coefficient (Wildman–Crippen LogP) is 4.04. The van der Waals surface area contributed by atoms with Crippen LogP contribution in [0.4, 0.5) is 0 Å². The van der Waals surface area contributed by atoms with E-state index in [-0.39, 0.29) is 0 Å². The van der Waals surface area contributed by atoms with Crippen molar-refractivity contribution in [2.24, 2.45) is 5.92 Å². The summed E-state index contributed by atoms with van der Waals surface area (Å²) in [6.07, 6.45) is 16.3. The van der Waals surface area contributed by atoms with Crippen LogP contribution in [0.3, 0.4) is 0 Å². The van der Waals surface area contributed by atoms with Crippen LogP contribution < -0.4 is 0 Å². The molecule has 3 atom stereocenters. The zero-order chi connectivity index (χ0) is 12.8. The Bertz CT molecular complexity index is 460. The Morgan fingerprint density at radius 3 is 2.68 bits per heavy atom. The van der Waals surface area contributed by atoms with E-state index in [1.54, 1.807) is 0 Å². The molecule has 2 saturated carbocycles. The largest absolute Gasteiger partial charge is 0.367 e. The van der Waals surface area contributed by atoms with Gasteiger partial charge in [-0.2, -0.15) is 0 Å². The molecule has 102 valence electrons. The van der Waals surface area contributed by atoms with Crippen LogP contribution in [-0.4, -0.2) is 22.7 Å². The topological polar surface area (TPSA) is 27.1 Å². The number of nitrogens with one attached hydrogen (secondary N) is 1. The number of rotatable bonds is 0. The summed E-state index contributed by atoms with van der Waals surface area (Å²) in [6, 6.07) is 1.30. The van der Waals surface area contributed by atoms with Gasteiger partial charge in [0.15, 0.2) is 0 Å². The number of hydrogen-bond acceptors (Lipinski definition) is 2. The Kier molecular flexibility index (Phi) is 2.78. The number of fused-ring (bicyclic) bond motifs is 5. The zero-order valence-electron chi connectivity index (χ0n) is 11.7. The lowest BCUT2D eigenvalue weighted by atomic mass is 9.68. The Labute approximate surface area is 116 Å². The number of nitrogens with zero attached hydrogens (tertiary/aromatic N) is 1. The highest BCUT2D eigenvalue weighted by molar-refractivity contribution is 5.93. The summed E-state index contributed by atoms with van der Waals surface area (Å²) in [4.78, 5) is 2.64. The van der Waals surface area contributed by atoms with Crippen molar-refractivity contribution in [1.82, 2.24) is 4.90 Å². The molecule has 4 aliphatic rings. The van der Waals surface area contributed by atoms with E-state index in [4.69, 9.17) is 5.41 Å². The van der Waals surface area contributed by atoms with E-state index < -0.39 is 0 Å². The van der Waals surface area contributed by atoms with Gasteiger partial charge >= 0.3 is 0 Å². The van der Waals surface area contributed by atoms with Gasteiger partial charge in [-0.05, 0) is 50.2 Å². The number of hydrogen-bond donors (Lipinski definition) is 1. The summed E-state index contributed by atoms with van der Waals surface area (Å²) in [7, 11) is 0. The average Bonchev–Trinajstić information content (AvgIpc) is 2.47. The highest BCUT2D eigenvalue weighted by Crippen LogP contribution is 2.47. The predicted molar refractivity (Wildman–Crippen MR) is 78.4 cm³/mol. The van der Waals surface area contributed by atoms with Crippen LogP contribution in [0.1, 0.15) is 57.8 Å². The normalized spacial score (nSPS) is 37.8. The summed E-state index contributed by atoms with van der Waals surface area (Å²) in [5.74, 6) is 0.767. The molecule has 19 heavy (non-hydrogen) atoms. The third-order valence-corrected chi connectivity index (χ3v) is 5.73. The van der Waals surface area contributed by atoms with E-state index in [1.807, 2.05) is 17.2 Å². The molecule has 0 aromatic carbocycles. The lowest BCUT2D eigenvalue weighted by Crippen LogP contribution is -2.53. The smallest absolute Gasteiger partial charge is 0.0503 e. The molecule has 0 radical (unpaired) electrons. The van der Waals surface area contributed by atoms with Gasteiger partial charge in [0.05, 0.1) is 6.04 Å². The van der Waals surface area contributed by atoms with Gasteiger partial charge in [-0.3, -0.25) is 0 Å². The van der Waals surface area contributed by atoms with E-state index in [9.17, 15) is 0 Å². The second kappa shape index (κ2) is 4.50. The van der Waals surface area contributed by atoms with Crippen LogP contribution in [0.2, 0.25) is 0 Å². The van der Waals surface area contributed by atoms with Gasteiger partial charge in [0.25, 0.3) is 0 Å². The highest BCUT2D eigenvalue weighted by atomic mass is 15.2. The van der Waals surface area contributed by atoms with Gasteiger partial charge in [0.2, 0.25) is 0 Å². The third kappa shape index (κ3) is 1.79. The van der Waals surface area contributed by atoms with E-state index in [2.05, 4.69) is 11.1 Å². The Balaban J connectivity index is 1.78. The fourth-order valence-corrected chi connectivity index (χ4v) is 4.93. The maximum absolute atomic E-state index is 8.02. The van der Waals surface area contributed by atoms with Crippen molar-refractivity contribution in [3.63, 3.8) is 0 Å². The maximum Gasteiger partial charge on any atom is 0.0503 e. The lowest BCUT2D eigenvalue weighted by molar-refractivity contribution is 0.124. The van der Waals surface area contributed by atoms with Crippen molar-refractivity contribution in [3.05, 3.63) is 23.4 Å². The second-order valence-corrected chi connectivity index (χ2v) is 6.72. The summed E-state index contributed by atoms with van der Waals surface area (Å²) in [6.45, 7) is 0. The molecule has 3 unspecified atom stereocenters. The fraction of sp³-hybridized carbons (Fsp3) is 0.706. The van der Waals surface area contributed by atoms with Crippen LogP contribution in [0.25, 0.3) is 0 Å². The van der Waals surface area contributed by atoms with Gasteiger partial charge in [-0.15, -0.1) is 0 Å². The van der Waals surface area contributed by atoms with E-state index in [1.165, 1.54) is 51.4 Å². The van der Waals surface area contributed by atoms with Gasteiger partial charge in [-0.25, -0.2) is 0 Å². The first kappa shape index (κ1) is 11.7. The zero-order valence-corrected chi connectivity index (χ0v) is 11.7. The highest BCUT2D eigenvalue weighted by Gasteiger charge is 2.43. The van der Waals surface area contributed by atoms with Crippen LogP contribution >= 0.6 is 0 Å². The van der Waals surface area contributed by atoms with Crippen molar-refractivity contribution < 1.29 is 0 Å². The first-order valence-corrected chi connectivity index (χ1v) is 8.09. The van der Waals surface area contributed by atoms with Crippen molar-refractivity contribution >= 4 is 5.71 Å². The minimum absolute atomic E-state index is 0.611. The van der Waals surface area contributed by atoms with Crippen LogP contribution in [0, 0.1) is 11.3 Å². The minimum atomic E-state index is 0.611. The second-order valence-electron chi connectivity index (χ2n) is 6.72. The SMILES string of the molecule is N=C1C=CN2C3CCCCC3=C3CCCCC3C2C1. The molecule has 0 amide bonds. The summed E-state index contributed by atoms with van der Waals surface area (Å²) < 4.78 is 0. The number of allylic oxidation sites excluding steroid dienone is 1. The van der Waals surface area contributed by atoms with E-state index in [0.717, 1.165) is 18.1 Å². The summed E-state index contributed by atoms with van der Waals surface area (Å²) in [5.41, 5.74) is 4.48. The Morgan fingerprint density at radius 2 is 1.79 bits per heavy atom. The monoisotopic (exact) mass is 256 g/mol. The molecule has 0 saturated heterocycles. The first-order chi connectivity index (χ1) is 9.34. The summed E-state index contributed by atoms with van der Waals surface area (Å²) >= 11 is 0. The van der Waals surface area contributed by atoms with Crippen molar-refractivity contribution in [2.45, 2.75) is 69.9 Å². The van der Waals surface area contributed by atoms with Gasteiger partial charge < -0.3 is 10.3 Å². The quantitative estimate of drug-likeness (QED) is 0.651. The molecule has 2 aliphatic carbocycles. The third-order valence-electron chi connectivity index (χ3n) is 5.73. The van der Waals surface area contributed by atoms with Gasteiger partial charge in [0.1, 0.15) is 0 Å². The van der Waals surface area contributed by atoms with Crippen molar-refractivity contribution in [3.8, 4) is 0 Å². The molecule has 2 heteroatoms. The minimum Gasteiger partial charge on any atom is -0.367 e. The molecular weight excluding hydrogens is 232 g/mol. The molecule has 2 fully saturated rings. The first-order valence-electron chi connectivity index (χ1n) is 8.09. The molecule has 2 aliphatic heterocycles. The van der Waals surface area contributed by atoms with Crippen LogP contribution in [-0.2, 0) is 0 Å². The molecule has 0 spiro atoms. The van der Waals surface area contributed by atoms with Crippen molar-refractivity contribution in [2.75, 3.05) is 0 Å². The van der Waals surface area contributed by atoms with Crippen LogP contribution in [0.5, 0.6) is 0 Å².